The highest BCUT2D eigenvalue weighted by molar-refractivity contribution is 7.80. The van der Waals surface area contributed by atoms with Crippen LogP contribution in [0.1, 0.15) is 40.3 Å². The van der Waals surface area contributed by atoms with Crippen LogP contribution in [0.4, 0.5) is 5.69 Å². The molecule has 2 atom stereocenters. The van der Waals surface area contributed by atoms with Gasteiger partial charge in [-0.25, -0.2) is 0 Å². The fourth-order valence-electron chi connectivity index (χ4n) is 5.04. The smallest absolute Gasteiger partial charge is 0.174 e. The van der Waals surface area contributed by atoms with Gasteiger partial charge >= 0.3 is 0 Å². The number of halogens is 2. The number of rotatable bonds is 5. The number of hydrogen-bond acceptors (Lipinski definition) is 3. The van der Waals surface area contributed by atoms with E-state index in [9.17, 15) is 0 Å². The Morgan fingerprint density at radius 3 is 2.50 bits per heavy atom. The fraction of sp³-hybridized carbons (Fsp3) is 0.214. The van der Waals surface area contributed by atoms with E-state index < -0.39 is 0 Å². The third-order valence-electron chi connectivity index (χ3n) is 6.71. The van der Waals surface area contributed by atoms with Crippen LogP contribution in [0.15, 0.2) is 66.9 Å². The summed E-state index contributed by atoms with van der Waals surface area (Å²) in [6.07, 6.45) is 1.81. The molecular weight excluding hydrogens is 511 g/mol. The average molecular weight is 538 g/mol. The molecule has 36 heavy (non-hydrogen) atoms. The first-order valence-corrected chi connectivity index (χ1v) is 12.8. The highest BCUT2D eigenvalue weighted by Gasteiger charge is 2.42. The van der Waals surface area contributed by atoms with Crippen molar-refractivity contribution in [3.63, 3.8) is 0 Å². The predicted molar refractivity (Wildman–Crippen MR) is 151 cm³/mol. The average Bonchev–Trinajstić information content (AvgIpc) is 3.36. The van der Waals surface area contributed by atoms with E-state index in [-0.39, 0.29) is 12.1 Å². The number of ether oxygens (including phenoxy) is 1. The lowest BCUT2D eigenvalue weighted by Crippen LogP contribution is -2.29. The molecule has 3 heterocycles. The van der Waals surface area contributed by atoms with E-state index >= 15 is 0 Å². The molecule has 0 unspecified atom stereocenters. The first-order valence-electron chi connectivity index (χ1n) is 11.6. The zero-order valence-corrected chi connectivity index (χ0v) is 22.7. The van der Waals surface area contributed by atoms with Gasteiger partial charge in [0.05, 0.1) is 29.9 Å². The summed E-state index contributed by atoms with van der Waals surface area (Å²) < 4.78 is 7.63. The minimum absolute atomic E-state index is 0.156. The summed E-state index contributed by atoms with van der Waals surface area (Å²) in [4.78, 5) is 6.79. The Bertz CT molecular complexity index is 1450. The molecule has 5 nitrogen and oxygen atoms in total. The van der Waals surface area contributed by atoms with Gasteiger partial charge in [0, 0.05) is 34.0 Å². The molecule has 0 radical (unpaired) electrons. The van der Waals surface area contributed by atoms with Gasteiger partial charge in [0.25, 0.3) is 0 Å². The van der Waals surface area contributed by atoms with Crippen LogP contribution in [0.2, 0.25) is 10.0 Å². The third kappa shape index (κ3) is 4.23. The Morgan fingerprint density at radius 2 is 1.81 bits per heavy atom. The summed E-state index contributed by atoms with van der Waals surface area (Å²) >= 11 is 18.8. The summed E-state index contributed by atoms with van der Waals surface area (Å²) in [5.41, 5.74) is 7.36. The largest absolute Gasteiger partial charge is 0.495 e. The summed E-state index contributed by atoms with van der Waals surface area (Å²) in [6, 6.07) is 19.6. The highest BCUT2D eigenvalue weighted by atomic mass is 35.5. The Hall–Kier alpha value is -3.06. The zero-order valence-electron chi connectivity index (χ0n) is 20.4. The van der Waals surface area contributed by atoms with Crippen molar-refractivity contribution in [2.75, 3.05) is 12.0 Å². The summed E-state index contributed by atoms with van der Waals surface area (Å²) in [6.45, 7) is 6.35. The van der Waals surface area contributed by atoms with E-state index in [4.69, 9.17) is 40.2 Å². The van der Waals surface area contributed by atoms with Crippen LogP contribution in [0.5, 0.6) is 5.75 Å². The first kappa shape index (κ1) is 24.6. The van der Waals surface area contributed by atoms with Gasteiger partial charge < -0.3 is 19.5 Å². The van der Waals surface area contributed by atoms with E-state index in [1.54, 1.807) is 7.11 Å². The molecule has 4 aromatic rings. The topological polar surface area (TPSA) is 42.3 Å². The molecule has 1 aliphatic rings. The molecule has 0 spiro atoms. The Morgan fingerprint density at radius 1 is 1.00 bits per heavy atom. The maximum absolute atomic E-state index is 6.53. The Kier molecular flexibility index (Phi) is 6.68. The number of nitrogens with one attached hydrogen (secondary N) is 1. The number of aryl methyl sites for hydroxylation is 2. The van der Waals surface area contributed by atoms with Gasteiger partial charge in [-0.05, 0) is 92.6 Å². The minimum Gasteiger partial charge on any atom is -0.495 e. The number of anilines is 1. The maximum atomic E-state index is 6.53. The van der Waals surface area contributed by atoms with Crippen LogP contribution in [0.25, 0.3) is 5.69 Å². The van der Waals surface area contributed by atoms with Crippen LogP contribution in [0.3, 0.4) is 0 Å². The second-order valence-electron chi connectivity index (χ2n) is 8.91. The Labute approximate surface area is 226 Å². The van der Waals surface area contributed by atoms with Crippen LogP contribution in [-0.4, -0.2) is 21.8 Å². The second kappa shape index (κ2) is 9.77. The van der Waals surface area contributed by atoms with E-state index in [0.717, 1.165) is 39.6 Å². The van der Waals surface area contributed by atoms with Crippen molar-refractivity contribution in [3.8, 4) is 11.4 Å². The summed E-state index contributed by atoms with van der Waals surface area (Å²) in [7, 11) is 1.61. The van der Waals surface area contributed by atoms with Crippen molar-refractivity contribution in [2.24, 2.45) is 0 Å². The number of hydrogen-bond donors (Lipinski definition) is 1. The molecule has 0 amide bonds. The molecule has 8 heteroatoms. The lowest BCUT2D eigenvalue weighted by Gasteiger charge is -2.28. The van der Waals surface area contributed by atoms with Gasteiger partial charge in [0.2, 0.25) is 0 Å². The van der Waals surface area contributed by atoms with E-state index in [0.29, 0.717) is 20.9 Å². The van der Waals surface area contributed by atoms with Gasteiger partial charge in [-0.2, -0.15) is 0 Å². The summed E-state index contributed by atoms with van der Waals surface area (Å²) in [5.74, 6) is 0.617. The van der Waals surface area contributed by atoms with E-state index in [2.05, 4.69) is 46.6 Å². The number of methoxy groups -OCH3 is 1. The van der Waals surface area contributed by atoms with Gasteiger partial charge in [0.15, 0.2) is 5.11 Å². The number of thiocarbonyl (C=S) groups is 1. The molecular formula is C28H26Cl2N4OS. The highest BCUT2D eigenvalue weighted by Crippen LogP contribution is 2.45. The molecule has 2 aromatic carbocycles. The van der Waals surface area contributed by atoms with Crippen molar-refractivity contribution < 1.29 is 4.74 Å². The van der Waals surface area contributed by atoms with Gasteiger partial charge in [-0.15, -0.1) is 0 Å². The zero-order chi connectivity index (χ0) is 25.6. The van der Waals surface area contributed by atoms with Crippen LogP contribution in [0, 0.1) is 20.8 Å². The second-order valence-corrected chi connectivity index (χ2v) is 10.1. The van der Waals surface area contributed by atoms with Crippen molar-refractivity contribution in [3.05, 3.63) is 105 Å². The molecule has 0 bridgehead atoms. The third-order valence-corrected chi connectivity index (χ3v) is 7.56. The van der Waals surface area contributed by atoms with Crippen LogP contribution >= 0.6 is 35.4 Å². The SMILES string of the molecule is COc1ccc(N2C(=S)N[C@@H](c3ccccn3)[C@@H]2c2cc(C)n(-c3cc(Cl)ccc3C)c2C)cc1Cl. The first-order chi connectivity index (χ1) is 17.3. The van der Waals surface area contributed by atoms with Gasteiger partial charge in [0.1, 0.15) is 5.75 Å². The quantitative estimate of drug-likeness (QED) is 0.271. The molecule has 5 rings (SSSR count). The van der Waals surface area contributed by atoms with Gasteiger partial charge in [-0.1, -0.05) is 35.3 Å². The number of pyridine rings is 1. The van der Waals surface area contributed by atoms with E-state index in [1.165, 1.54) is 0 Å². The maximum Gasteiger partial charge on any atom is 0.174 e. The molecule has 184 valence electrons. The fourth-order valence-corrected chi connectivity index (χ4v) is 5.80. The molecule has 2 aromatic heterocycles. The molecule has 1 N–H and O–H groups in total. The van der Waals surface area contributed by atoms with Crippen LogP contribution in [-0.2, 0) is 0 Å². The van der Waals surface area contributed by atoms with Crippen molar-refractivity contribution in [1.82, 2.24) is 14.9 Å². The van der Waals surface area contributed by atoms with E-state index in [1.807, 2.05) is 60.8 Å². The minimum atomic E-state index is -0.158. The normalized spacial score (nSPS) is 17.4. The number of benzene rings is 2. The van der Waals surface area contributed by atoms with Gasteiger partial charge in [-0.3, -0.25) is 4.98 Å². The van der Waals surface area contributed by atoms with Crippen LogP contribution < -0.4 is 15.0 Å². The number of aromatic nitrogens is 2. The molecule has 0 saturated carbocycles. The monoisotopic (exact) mass is 536 g/mol. The van der Waals surface area contributed by atoms with Crippen molar-refractivity contribution >= 4 is 46.2 Å². The van der Waals surface area contributed by atoms with Crippen molar-refractivity contribution in [2.45, 2.75) is 32.9 Å². The standard InChI is InChI=1S/C28H26Cl2N4OS/c1-16-8-9-19(29)14-24(16)33-17(2)13-21(18(33)3)27-26(23-7-5-6-12-31-23)32-28(36)34(27)20-10-11-25(35-4)22(30)15-20/h5-15,26-27H,1-4H3,(H,32,36)/t26-,27-/m0/s1. The molecule has 1 aliphatic heterocycles. The predicted octanol–water partition coefficient (Wildman–Crippen LogP) is 7.29. The molecule has 1 fully saturated rings. The molecule has 1 saturated heterocycles. The van der Waals surface area contributed by atoms with Crippen molar-refractivity contribution in [1.29, 1.82) is 0 Å². The molecule has 0 aliphatic carbocycles. The Balaban J connectivity index is 1.70. The lowest BCUT2D eigenvalue weighted by atomic mass is 9.96. The lowest BCUT2D eigenvalue weighted by molar-refractivity contribution is 0.415. The number of nitrogens with zero attached hydrogens (tertiary/aromatic N) is 3. The summed E-state index contributed by atoms with van der Waals surface area (Å²) in [5, 5.41) is 5.36.